The highest BCUT2D eigenvalue weighted by atomic mass is 16.4. The number of aromatic nitrogens is 3. The quantitative estimate of drug-likeness (QED) is 0.778. The van der Waals surface area contributed by atoms with Gasteiger partial charge in [0.15, 0.2) is 5.69 Å². The van der Waals surface area contributed by atoms with Crippen LogP contribution in [0.3, 0.4) is 0 Å². The predicted octanol–water partition coefficient (Wildman–Crippen LogP) is 0.161. The number of likely N-dealkylation sites (N-methyl/N-ethyl adjacent to an activating group) is 1. The summed E-state index contributed by atoms with van der Waals surface area (Å²) in [5, 5.41) is 19.0. The van der Waals surface area contributed by atoms with Gasteiger partial charge in [0.1, 0.15) is 6.04 Å². The van der Waals surface area contributed by atoms with Crippen LogP contribution in [0.1, 0.15) is 47.9 Å². The van der Waals surface area contributed by atoms with Crippen LogP contribution in [0.2, 0.25) is 0 Å². The molecule has 0 aromatic carbocycles. The van der Waals surface area contributed by atoms with E-state index in [4.69, 9.17) is 5.11 Å². The molecule has 0 radical (unpaired) electrons. The van der Waals surface area contributed by atoms with Crippen LogP contribution in [0.4, 0.5) is 0 Å². The lowest BCUT2D eigenvalue weighted by Crippen LogP contribution is -2.29. The lowest BCUT2D eigenvalue weighted by molar-refractivity contribution is -0.123. The Labute approximate surface area is 97.8 Å². The van der Waals surface area contributed by atoms with E-state index in [0.717, 1.165) is 12.8 Å². The third-order valence-electron chi connectivity index (χ3n) is 2.89. The van der Waals surface area contributed by atoms with Gasteiger partial charge in [-0.2, -0.15) is 0 Å². The molecule has 1 saturated carbocycles. The van der Waals surface area contributed by atoms with Crippen molar-refractivity contribution in [2.45, 2.75) is 31.7 Å². The third kappa shape index (κ3) is 2.00. The van der Waals surface area contributed by atoms with Crippen molar-refractivity contribution in [1.29, 1.82) is 0 Å². The van der Waals surface area contributed by atoms with E-state index in [-0.39, 0.29) is 17.5 Å². The van der Waals surface area contributed by atoms with Gasteiger partial charge in [0.25, 0.3) is 0 Å². The first kappa shape index (κ1) is 11.6. The molecule has 2 N–H and O–H groups in total. The van der Waals surface area contributed by atoms with Crippen LogP contribution in [0.25, 0.3) is 0 Å². The van der Waals surface area contributed by atoms with Crippen LogP contribution in [-0.4, -0.2) is 39.0 Å². The van der Waals surface area contributed by atoms with Crippen molar-refractivity contribution in [2.24, 2.45) is 0 Å². The van der Waals surface area contributed by atoms with Crippen molar-refractivity contribution in [1.82, 2.24) is 20.3 Å². The van der Waals surface area contributed by atoms with E-state index in [0.29, 0.717) is 5.69 Å². The maximum atomic E-state index is 11.5. The van der Waals surface area contributed by atoms with Crippen LogP contribution in [0.15, 0.2) is 0 Å². The van der Waals surface area contributed by atoms with Crippen LogP contribution in [-0.2, 0) is 4.79 Å². The fourth-order valence-electron chi connectivity index (χ4n) is 1.80. The Morgan fingerprint density at radius 3 is 2.65 bits per heavy atom. The van der Waals surface area contributed by atoms with E-state index in [1.807, 2.05) is 0 Å². The van der Waals surface area contributed by atoms with Gasteiger partial charge in [-0.15, -0.1) is 5.10 Å². The molecule has 2 rings (SSSR count). The van der Waals surface area contributed by atoms with Crippen molar-refractivity contribution in [3.8, 4) is 0 Å². The standard InChI is InChI=1S/C10H14N4O3/c1-5(9(15)11-2)14-8(6-3-4-6)7(10(16)17)12-13-14/h5-6H,3-4H2,1-2H3,(H,11,15)(H,16,17). The summed E-state index contributed by atoms with van der Waals surface area (Å²) in [6.07, 6.45) is 1.85. The van der Waals surface area contributed by atoms with Crippen LogP contribution < -0.4 is 5.32 Å². The zero-order chi connectivity index (χ0) is 12.6. The number of hydrogen-bond acceptors (Lipinski definition) is 4. The number of nitrogens with zero attached hydrogens (tertiary/aromatic N) is 3. The van der Waals surface area contributed by atoms with E-state index >= 15 is 0 Å². The van der Waals surface area contributed by atoms with Gasteiger partial charge >= 0.3 is 5.97 Å². The number of hydrogen-bond donors (Lipinski definition) is 2. The third-order valence-corrected chi connectivity index (χ3v) is 2.89. The molecule has 1 unspecified atom stereocenters. The summed E-state index contributed by atoms with van der Waals surface area (Å²) in [5.41, 5.74) is 0.525. The summed E-state index contributed by atoms with van der Waals surface area (Å²) in [4.78, 5) is 22.6. The molecule has 0 saturated heterocycles. The molecule has 1 aliphatic carbocycles. The number of amides is 1. The van der Waals surface area contributed by atoms with E-state index in [1.54, 1.807) is 6.92 Å². The second-order valence-corrected chi connectivity index (χ2v) is 4.14. The highest BCUT2D eigenvalue weighted by Crippen LogP contribution is 2.41. The number of carboxylic acids is 1. The molecule has 1 aromatic rings. The molecule has 1 fully saturated rings. The van der Waals surface area contributed by atoms with Gasteiger partial charge in [0, 0.05) is 13.0 Å². The molecule has 1 aliphatic rings. The van der Waals surface area contributed by atoms with Crippen molar-refractivity contribution in [3.63, 3.8) is 0 Å². The highest BCUT2D eigenvalue weighted by molar-refractivity contribution is 5.87. The van der Waals surface area contributed by atoms with Gasteiger partial charge in [-0.3, -0.25) is 4.79 Å². The summed E-state index contributed by atoms with van der Waals surface area (Å²) in [6.45, 7) is 1.67. The van der Waals surface area contributed by atoms with E-state index in [9.17, 15) is 9.59 Å². The van der Waals surface area contributed by atoms with Crippen LogP contribution in [0, 0.1) is 0 Å². The normalized spacial score (nSPS) is 16.6. The fourth-order valence-corrected chi connectivity index (χ4v) is 1.80. The summed E-state index contributed by atoms with van der Waals surface area (Å²) >= 11 is 0. The second kappa shape index (κ2) is 4.15. The number of carboxylic acid groups (broad SMARTS) is 1. The summed E-state index contributed by atoms with van der Waals surface area (Å²) in [5.74, 6) is -1.14. The van der Waals surface area contributed by atoms with Crippen LogP contribution >= 0.6 is 0 Å². The lowest BCUT2D eigenvalue weighted by atomic mass is 10.2. The van der Waals surface area contributed by atoms with E-state index in [1.165, 1.54) is 11.7 Å². The lowest BCUT2D eigenvalue weighted by Gasteiger charge is -2.12. The number of rotatable bonds is 4. The maximum Gasteiger partial charge on any atom is 0.358 e. The van der Waals surface area contributed by atoms with Gasteiger partial charge < -0.3 is 10.4 Å². The minimum atomic E-state index is -1.10. The van der Waals surface area contributed by atoms with E-state index < -0.39 is 12.0 Å². The van der Waals surface area contributed by atoms with Crippen LogP contribution in [0.5, 0.6) is 0 Å². The van der Waals surface area contributed by atoms with Crippen molar-refractivity contribution < 1.29 is 14.7 Å². The Morgan fingerprint density at radius 2 is 2.18 bits per heavy atom. The molecule has 1 heterocycles. The number of nitrogens with one attached hydrogen (secondary N) is 1. The Hall–Kier alpha value is -1.92. The Kier molecular flexibility index (Phi) is 2.83. The monoisotopic (exact) mass is 238 g/mol. The van der Waals surface area contributed by atoms with Gasteiger partial charge in [0.05, 0.1) is 5.69 Å². The molecule has 7 heteroatoms. The minimum Gasteiger partial charge on any atom is -0.476 e. The first-order chi connectivity index (χ1) is 8.06. The molecular formula is C10H14N4O3. The predicted molar refractivity (Wildman–Crippen MR) is 57.7 cm³/mol. The number of carbonyl (C=O) groups excluding carboxylic acids is 1. The summed E-state index contributed by atoms with van der Waals surface area (Å²) in [6, 6.07) is -0.545. The number of aromatic carboxylic acids is 1. The SMILES string of the molecule is CNC(=O)C(C)n1nnc(C(=O)O)c1C1CC1. The van der Waals surface area contributed by atoms with Gasteiger partial charge in [-0.25, -0.2) is 9.48 Å². The Balaban J connectivity index is 2.40. The molecule has 0 aliphatic heterocycles. The van der Waals surface area contributed by atoms with Crippen molar-refractivity contribution in [2.75, 3.05) is 7.05 Å². The molecule has 17 heavy (non-hydrogen) atoms. The molecule has 0 spiro atoms. The first-order valence-corrected chi connectivity index (χ1v) is 5.46. The zero-order valence-electron chi connectivity index (χ0n) is 9.67. The summed E-state index contributed by atoms with van der Waals surface area (Å²) in [7, 11) is 1.53. The zero-order valence-corrected chi connectivity index (χ0v) is 9.67. The average Bonchev–Trinajstić information content (AvgIpc) is 3.05. The molecule has 0 bridgehead atoms. The Bertz CT molecular complexity index is 464. The summed E-state index contributed by atoms with van der Waals surface area (Å²) < 4.78 is 1.42. The van der Waals surface area contributed by atoms with Gasteiger partial charge in [0.2, 0.25) is 5.91 Å². The van der Waals surface area contributed by atoms with Gasteiger partial charge in [-0.05, 0) is 19.8 Å². The molecule has 1 amide bonds. The maximum absolute atomic E-state index is 11.5. The molecule has 1 atom stereocenters. The molecular weight excluding hydrogens is 224 g/mol. The number of carbonyl (C=O) groups is 2. The smallest absolute Gasteiger partial charge is 0.358 e. The first-order valence-electron chi connectivity index (χ1n) is 5.46. The molecule has 92 valence electrons. The van der Waals surface area contributed by atoms with E-state index in [2.05, 4.69) is 15.6 Å². The fraction of sp³-hybridized carbons (Fsp3) is 0.600. The second-order valence-electron chi connectivity index (χ2n) is 4.14. The highest BCUT2D eigenvalue weighted by Gasteiger charge is 2.35. The largest absolute Gasteiger partial charge is 0.476 e. The topological polar surface area (TPSA) is 97.1 Å². The average molecular weight is 238 g/mol. The molecule has 1 aromatic heterocycles. The minimum absolute atomic E-state index is 0.0387. The van der Waals surface area contributed by atoms with Crippen molar-refractivity contribution >= 4 is 11.9 Å². The van der Waals surface area contributed by atoms with Crippen molar-refractivity contribution in [3.05, 3.63) is 11.4 Å². The Morgan fingerprint density at radius 1 is 1.53 bits per heavy atom. The molecule has 7 nitrogen and oxygen atoms in total. The van der Waals surface area contributed by atoms with Gasteiger partial charge in [-0.1, -0.05) is 5.21 Å².